The monoisotopic (exact) mass is 209 g/mol. The highest BCUT2D eigenvalue weighted by atomic mass is 16.3. The van der Waals surface area contributed by atoms with Crippen LogP contribution in [0.4, 0.5) is 0 Å². The van der Waals surface area contributed by atoms with Crippen molar-refractivity contribution in [3.63, 3.8) is 0 Å². The second-order valence-corrected chi connectivity index (χ2v) is 4.20. The van der Waals surface area contributed by atoms with Crippen molar-refractivity contribution in [3.05, 3.63) is 24.2 Å². The van der Waals surface area contributed by atoms with Crippen LogP contribution in [0.1, 0.15) is 45.8 Å². The molecule has 1 heterocycles. The van der Waals surface area contributed by atoms with Gasteiger partial charge in [-0.25, -0.2) is 0 Å². The molecule has 0 bridgehead atoms. The smallest absolute Gasteiger partial charge is 0.103 e. The molecule has 1 N–H and O–H groups in total. The maximum absolute atomic E-state index is 5.31. The van der Waals surface area contributed by atoms with Crippen molar-refractivity contribution in [1.29, 1.82) is 0 Å². The minimum absolute atomic E-state index is 0.569. The van der Waals surface area contributed by atoms with Crippen LogP contribution in [0.25, 0.3) is 0 Å². The van der Waals surface area contributed by atoms with Gasteiger partial charge < -0.3 is 9.73 Å². The fraction of sp³-hybridized carbons (Fsp3) is 0.692. The van der Waals surface area contributed by atoms with E-state index in [1.54, 1.807) is 6.26 Å². The van der Waals surface area contributed by atoms with Gasteiger partial charge in [0.05, 0.1) is 6.26 Å². The standard InChI is InChI=1S/C13H23NO/c1-4-12(5-2)14-11(3)8-9-13-7-6-10-15-13/h6-7,10-12,14H,4-5,8-9H2,1-3H3. The highest BCUT2D eigenvalue weighted by molar-refractivity contribution is 4.98. The molecule has 0 spiro atoms. The quantitative estimate of drug-likeness (QED) is 0.744. The van der Waals surface area contributed by atoms with Crippen molar-refractivity contribution in [2.24, 2.45) is 0 Å². The van der Waals surface area contributed by atoms with Gasteiger partial charge in [-0.2, -0.15) is 0 Å². The van der Waals surface area contributed by atoms with E-state index in [1.807, 2.05) is 12.1 Å². The van der Waals surface area contributed by atoms with Crippen LogP contribution in [0, 0.1) is 0 Å². The first-order valence-corrected chi connectivity index (χ1v) is 6.04. The van der Waals surface area contributed by atoms with Gasteiger partial charge in [0, 0.05) is 18.5 Å². The van der Waals surface area contributed by atoms with Crippen LogP contribution in [-0.2, 0) is 6.42 Å². The van der Waals surface area contributed by atoms with Gasteiger partial charge in [0.2, 0.25) is 0 Å². The van der Waals surface area contributed by atoms with E-state index in [-0.39, 0.29) is 0 Å². The van der Waals surface area contributed by atoms with E-state index >= 15 is 0 Å². The summed E-state index contributed by atoms with van der Waals surface area (Å²) in [5.74, 6) is 1.09. The summed E-state index contributed by atoms with van der Waals surface area (Å²) in [6.45, 7) is 6.72. The molecular weight excluding hydrogens is 186 g/mol. The van der Waals surface area contributed by atoms with Crippen molar-refractivity contribution in [1.82, 2.24) is 5.32 Å². The second kappa shape index (κ2) is 6.67. The van der Waals surface area contributed by atoms with Gasteiger partial charge in [-0.15, -0.1) is 0 Å². The third kappa shape index (κ3) is 4.52. The molecule has 0 amide bonds. The van der Waals surface area contributed by atoms with Gasteiger partial charge in [-0.1, -0.05) is 13.8 Å². The Kier molecular flexibility index (Phi) is 5.48. The third-order valence-electron chi connectivity index (χ3n) is 2.91. The molecule has 1 unspecified atom stereocenters. The topological polar surface area (TPSA) is 25.2 Å². The molecule has 0 aliphatic rings. The summed E-state index contributed by atoms with van der Waals surface area (Å²) >= 11 is 0. The third-order valence-corrected chi connectivity index (χ3v) is 2.91. The van der Waals surface area contributed by atoms with Crippen LogP contribution in [0.5, 0.6) is 0 Å². The molecule has 0 saturated heterocycles. The second-order valence-electron chi connectivity index (χ2n) is 4.20. The molecule has 1 aromatic heterocycles. The molecule has 0 aromatic carbocycles. The van der Waals surface area contributed by atoms with Gasteiger partial charge in [0.15, 0.2) is 0 Å². The van der Waals surface area contributed by atoms with E-state index in [9.17, 15) is 0 Å². The van der Waals surface area contributed by atoms with Crippen LogP contribution in [0.15, 0.2) is 22.8 Å². The Morgan fingerprint density at radius 3 is 2.60 bits per heavy atom. The van der Waals surface area contributed by atoms with E-state index in [0.29, 0.717) is 12.1 Å². The largest absolute Gasteiger partial charge is 0.469 e. The molecule has 0 aliphatic carbocycles. The zero-order valence-electron chi connectivity index (χ0n) is 10.1. The molecule has 2 nitrogen and oxygen atoms in total. The van der Waals surface area contributed by atoms with Crippen molar-refractivity contribution in [3.8, 4) is 0 Å². The Balaban J connectivity index is 2.21. The Hall–Kier alpha value is -0.760. The molecule has 2 heteroatoms. The fourth-order valence-electron chi connectivity index (χ4n) is 1.82. The molecule has 0 saturated carbocycles. The SMILES string of the molecule is CCC(CC)NC(C)CCc1ccco1. The van der Waals surface area contributed by atoms with Crippen LogP contribution < -0.4 is 5.32 Å². The lowest BCUT2D eigenvalue weighted by molar-refractivity contribution is 0.397. The van der Waals surface area contributed by atoms with E-state index < -0.39 is 0 Å². The molecule has 0 radical (unpaired) electrons. The van der Waals surface area contributed by atoms with Crippen LogP contribution >= 0.6 is 0 Å². The lowest BCUT2D eigenvalue weighted by Gasteiger charge is -2.20. The molecular formula is C13H23NO. The highest BCUT2D eigenvalue weighted by Gasteiger charge is 2.08. The molecule has 0 fully saturated rings. The predicted octanol–water partition coefficient (Wildman–Crippen LogP) is 3.38. The molecule has 86 valence electrons. The van der Waals surface area contributed by atoms with Gasteiger partial charge in [0.25, 0.3) is 0 Å². The van der Waals surface area contributed by atoms with Gasteiger partial charge in [-0.3, -0.25) is 0 Å². The minimum atomic E-state index is 0.569. The average molecular weight is 209 g/mol. The lowest BCUT2D eigenvalue weighted by atomic mass is 10.1. The van der Waals surface area contributed by atoms with Crippen LogP contribution in [0.2, 0.25) is 0 Å². The average Bonchev–Trinajstić information content (AvgIpc) is 2.75. The van der Waals surface area contributed by atoms with E-state index in [2.05, 4.69) is 26.1 Å². The van der Waals surface area contributed by atoms with Crippen molar-refractivity contribution in [2.75, 3.05) is 0 Å². The Labute approximate surface area is 93.1 Å². The Morgan fingerprint density at radius 2 is 2.07 bits per heavy atom. The predicted molar refractivity (Wildman–Crippen MR) is 64.0 cm³/mol. The summed E-state index contributed by atoms with van der Waals surface area (Å²) in [6, 6.07) is 5.23. The van der Waals surface area contributed by atoms with E-state index in [1.165, 1.54) is 12.8 Å². The fourth-order valence-corrected chi connectivity index (χ4v) is 1.82. The summed E-state index contributed by atoms with van der Waals surface area (Å²) in [5.41, 5.74) is 0. The van der Waals surface area contributed by atoms with E-state index in [4.69, 9.17) is 4.42 Å². The minimum Gasteiger partial charge on any atom is -0.469 e. The van der Waals surface area contributed by atoms with Crippen molar-refractivity contribution >= 4 is 0 Å². The Morgan fingerprint density at radius 1 is 1.33 bits per heavy atom. The number of hydrogen-bond acceptors (Lipinski definition) is 2. The summed E-state index contributed by atoms with van der Waals surface area (Å²) in [6.07, 6.45) is 6.34. The number of rotatable bonds is 7. The number of nitrogens with one attached hydrogen (secondary N) is 1. The normalized spacial score (nSPS) is 13.3. The highest BCUT2D eigenvalue weighted by Crippen LogP contribution is 2.07. The van der Waals surface area contributed by atoms with Gasteiger partial charge in [-0.05, 0) is 38.3 Å². The Bertz CT molecular complexity index is 239. The van der Waals surface area contributed by atoms with Gasteiger partial charge in [0.1, 0.15) is 5.76 Å². The summed E-state index contributed by atoms with van der Waals surface area (Å²) in [7, 11) is 0. The maximum atomic E-state index is 5.31. The first-order chi connectivity index (χ1) is 7.26. The molecule has 15 heavy (non-hydrogen) atoms. The molecule has 1 rings (SSSR count). The summed E-state index contributed by atoms with van der Waals surface area (Å²) < 4.78 is 5.31. The van der Waals surface area contributed by atoms with Crippen molar-refractivity contribution < 1.29 is 4.42 Å². The molecule has 1 aromatic rings. The first-order valence-electron chi connectivity index (χ1n) is 6.04. The maximum Gasteiger partial charge on any atom is 0.103 e. The van der Waals surface area contributed by atoms with E-state index in [0.717, 1.165) is 18.6 Å². The lowest BCUT2D eigenvalue weighted by Crippen LogP contribution is -2.35. The first kappa shape index (κ1) is 12.3. The summed E-state index contributed by atoms with van der Waals surface area (Å²) in [4.78, 5) is 0. The van der Waals surface area contributed by atoms with Crippen LogP contribution in [0.3, 0.4) is 0 Å². The zero-order valence-corrected chi connectivity index (χ0v) is 10.1. The number of aryl methyl sites for hydroxylation is 1. The molecule has 1 atom stereocenters. The molecule has 0 aliphatic heterocycles. The van der Waals surface area contributed by atoms with Crippen LogP contribution in [-0.4, -0.2) is 12.1 Å². The van der Waals surface area contributed by atoms with Gasteiger partial charge >= 0.3 is 0 Å². The number of furan rings is 1. The summed E-state index contributed by atoms with van der Waals surface area (Å²) in [5, 5.41) is 3.64. The van der Waals surface area contributed by atoms with Crippen molar-refractivity contribution in [2.45, 2.75) is 58.5 Å². The number of hydrogen-bond donors (Lipinski definition) is 1. The zero-order chi connectivity index (χ0) is 11.1.